The van der Waals surface area contributed by atoms with Crippen molar-refractivity contribution in [2.75, 3.05) is 23.1 Å². The molecule has 0 unspecified atom stereocenters. The van der Waals surface area contributed by atoms with Crippen LogP contribution in [0.2, 0.25) is 5.02 Å². The fourth-order valence-corrected chi connectivity index (χ4v) is 5.95. The summed E-state index contributed by atoms with van der Waals surface area (Å²) in [5.74, 6) is 0.141. The SMILES string of the molecule is CCSc1nn(CC(=O)Nc2cccc(SC)c2)c(N)c1S(=O)(=O)c1ccc(Cl)cc1. The van der Waals surface area contributed by atoms with Crippen LogP contribution in [0.1, 0.15) is 6.92 Å². The van der Waals surface area contributed by atoms with Crippen molar-refractivity contribution in [2.45, 2.75) is 33.2 Å². The van der Waals surface area contributed by atoms with Crippen molar-refractivity contribution in [1.29, 1.82) is 0 Å². The zero-order valence-corrected chi connectivity index (χ0v) is 20.0. The van der Waals surface area contributed by atoms with Crippen LogP contribution < -0.4 is 11.1 Å². The predicted octanol–water partition coefficient (Wildman–Crippen LogP) is 4.42. The van der Waals surface area contributed by atoms with E-state index in [1.165, 1.54) is 40.7 Å². The second kappa shape index (κ2) is 9.99. The number of nitrogens with one attached hydrogen (secondary N) is 1. The molecule has 1 aromatic heterocycles. The molecule has 7 nitrogen and oxygen atoms in total. The molecule has 3 aromatic rings. The average molecular weight is 497 g/mol. The normalized spacial score (nSPS) is 11.5. The molecule has 0 aliphatic carbocycles. The van der Waals surface area contributed by atoms with Crippen LogP contribution in [-0.2, 0) is 21.2 Å². The number of thioether (sulfide) groups is 2. The van der Waals surface area contributed by atoms with E-state index >= 15 is 0 Å². The maximum absolute atomic E-state index is 13.2. The molecule has 0 radical (unpaired) electrons. The fraction of sp³-hybridized carbons (Fsp3) is 0.200. The van der Waals surface area contributed by atoms with Crippen LogP contribution in [0.25, 0.3) is 0 Å². The number of hydrogen-bond donors (Lipinski definition) is 2. The zero-order valence-electron chi connectivity index (χ0n) is 16.8. The number of halogens is 1. The molecule has 3 N–H and O–H groups in total. The molecule has 1 heterocycles. The number of aromatic nitrogens is 2. The number of anilines is 2. The van der Waals surface area contributed by atoms with Gasteiger partial charge in [-0.25, -0.2) is 13.1 Å². The van der Waals surface area contributed by atoms with Crippen molar-refractivity contribution in [3.05, 3.63) is 53.6 Å². The Labute approximate surface area is 194 Å². The number of carbonyl (C=O) groups is 1. The lowest BCUT2D eigenvalue weighted by molar-refractivity contribution is -0.116. The van der Waals surface area contributed by atoms with Crippen molar-refractivity contribution >= 4 is 62.4 Å². The molecule has 0 atom stereocenters. The maximum Gasteiger partial charge on any atom is 0.246 e. The molecular weight excluding hydrogens is 476 g/mol. The van der Waals surface area contributed by atoms with Gasteiger partial charge in [0.2, 0.25) is 15.7 Å². The van der Waals surface area contributed by atoms with Crippen molar-refractivity contribution in [3.63, 3.8) is 0 Å². The lowest BCUT2D eigenvalue weighted by Gasteiger charge is -2.08. The number of hydrogen-bond acceptors (Lipinski definition) is 7. The van der Waals surface area contributed by atoms with E-state index in [0.29, 0.717) is 16.5 Å². The van der Waals surface area contributed by atoms with Crippen molar-refractivity contribution in [1.82, 2.24) is 9.78 Å². The van der Waals surface area contributed by atoms with Gasteiger partial charge in [-0.2, -0.15) is 5.10 Å². The van der Waals surface area contributed by atoms with Gasteiger partial charge in [0.15, 0.2) is 0 Å². The Morgan fingerprint density at radius 3 is 2.58 bits per heavy atom. The minimum absolute atomic E-state index is 0.0550. The van der Waals surface area contributed by atoms with E-state index in [1.807, 2.05) is 31.4 Å². The first-order valence-electron chi connectivity index (χ1n) is 9.20. The van der Waals surface area contributed by atoms with Crippen molar-refractivity contribution < 1.29 is 13.2 Å². The average Bonchev–Trinajstić information content (AvgIpc) is 3.04. The topological polar surface area (TPSA) is 107 Å². The Hall–Kier alpha value is -2.14. The standard InChI is InChI=1S/C20H21ClN4O3S3/c1-3-30-20-18(31(27,28)16-9-7-13(21)8-10-16)19(22)25(24-20)12-17(26)23-14-5-4-6-15(11-14)29-2/h4-11H,3,12,22H2,1-2H3,(H,23,26). The summed E-state index contributed by atoms with van der Waals surface area (Å²) in [6.45, 7) is 1.66. The van der Waals surface area contributed by atoms with Gasteiger partial charge < -0.3 is 11.1 Å². The van der Waals surface area contributed by atoms with E-state index in [-0.39, 0.29) is 33.1 Å². The van der Waals surface area contributed by atoms with E-state index < -0.39 is 9.84 Å². The third-order valence-electron chi connectivity index (χ3n) is 4.24. The second-order valence-electron chi connectivity index (χ2n) is 6.35. The summed E-state index contributed by atoms with van der Waals surface area (Å²) in [5, 5.41) is 7.78. The summed E-state index contributed by atoms with van der Waals surface area (Å²) in [4.78, 5) is 13.5. The first kappa shape index (κ1) is 23.5. The van der Waals surface area contributed by atoms with Crippen molar-refractivity contribution in [2.24, 2.45) is 0 Å². The highest BCUT2D eigenvalue weighted by molar-refractivity contribution is 8.00. The van der Waals surface area contributed by atoms with Crippen molar-refractivity contribution in [3.8, 4) is 0 Å². The number of rotatable bonds is 8. The number of nitrogen functional groups attached to an aromatic ring is 1. The first-order chi connectivity index (χ1) is 14.8. The number of benzene rings is 2. The predicted molar refractivity (Wildman–Crippen MR) is 127 cm³/mol. The molecule has 0 aliphatic rings. The van der Waals surface area contributed by atoms with Gasteiger partial charge in [0.1, 0.15) is 22.3 Å². The summed E-state index contributed by atoms with van der Waals surface area (Å²) < 4.78 is 27.7. The van der Waals surface area contributed by atoms with Crippen LogP contribution in [-0.4, -0.2) is 36.1 Å². The summed E-state index contributed by atoms with van der Waals surface area (Å²) >= 11 is 8.69. The van der Waals surface area contributed by atoms with Crippen LogP contribution in [0, 0.1) is 0 Å². The fourth-order valence-electron chi connectivity index (χ4n) is 2.81. The number of nitrogens with zero attached hydrogens (tertiary/aromatic N) is 2. The molecule has 0 aliphatic heterocycles. The molecule has 11 heteroatoms. The monoisotopic (exact) mass is 496 g/mol. The van der Waals surface area contributed by atoms with Gasteiger partial charge in [-0.15, -0.1) is 23.5 Å². The van der Waals surface area contributed by atoms with Crippen LogP contribution in [0.3, 0.4) is 0 Å². The van der Waals surface area contributed by atoms with Gasteiger partial charge in [-0.05, 0) is 54.5 Å². The van der Waals surface area contributed by atoms with Gasteiger partial charge in [0.25, 0.3) is 0 Å². The van der Waals surface area contributed by atoms with Gasteiger partial charge >= 0.3 is 0 Å². The van der Waals surface area contributed by atoms with Crippen LogP contribution in [0.5, 0.6) is 0 Å². The lowest BCUT2D eigenvalue weighted by Crippen LogP contribution is -2.21. The molecule has 0 saturated heterocycles. The largest absolute Gasteiger partial charge is 0.383 e. The Balaban J connectivity index is 1.92. The minimum Gasteiger partial charge on any atom is -0.383 e. The van der Waals surface area contributed by atoms with Crippen LogP contribution in [0.4, 0.5) is 11.5 Å². The Morgan fingerprint density at radius 2 is 1.94 bits per heavy atom. The van der Waals surface area contributed by atoms with E-state index in [0.717, 1.165) is 4.90 Å². The Kier molecular flexibility index (Phi) is 7.58. The highest BCUT2D eigenvalue weighted by Crippen LogP contribution is 2.35. The highest BCUT2D eigenvalue weighted by atomic mass is 35.5. The van der Waals surface area contributed by atoms with E-state index in [9.17, 15) is 13.2 Å². The van der Waals surface area contributed by atoms with Gasteiger partial charge in [-0.3, -0.25) is 4.79 Å². The highest BCUT2D eigenvalue weighted by Gasteiger charge is 2.30. The van der Waals surface area contributed by atoms with E-state index in [1.54, 1.807) is 17.8 Å². The van der Waals surface area contributed by atoms with Crippen LogP contribution in [0.15, 0.2) is 68.2 Å². The van der Waals surface area contributed by atoms with E-state index in [4.69, 9.17) is 17.3 Å². The van der Waals surface area contributed by atoms with E-state index in [2.05, 4.69) is 10.4 Å². The third-order valence-corrected chi connectivity index (χ3v) is 8.02. The summed E-state index contributed by atoms with van der Waals surface area (Å²) in [6.07, 6.45) is 1.95. The lowest BCUT2D eigenvalue weighted by atomic mass is 10.3. The van der Waals surface area contributed by atoms with Gasteiger partial charge in [0.05, 0.1) is 4.90 Å². The Bertz CT molecular complexity index is 1190. The first-order valence-corrected chi connectivity index (χ1v) is 13.3. The molecule has 164 valence electrons. The quantitative estimate of drug-likeness (QED) is 0.444. The number of sulfone groups is 1. The summed E-state index contributed by atoms with van der Waals surface area (Å²) in [7, 11) is -3.94. The summed E-state index contributed by atoms with van der Waals surface area (Å²) in [5.41, 5.74) is 6.81. The number of nitrogens with two attached hydrogens (primary N) is 1. The second-order valence-corrected chi connectivity index (χ2v) is 10.8. The maximum atomic E-state index is 13.2. The molecule has 31 heavy (non-hydrogen) atoms. The molecule has 0 saturated carbocycles. The third kappa shape index (κ3) is 5.38. The van der Waals surface area contributed by atoms with Gasteiger partial charge in [-0.1, -0.05) is 24.6 Å². The Morgan fingerprint density at radius 1 is 1.23 bits per heavy atom. The molecule has 0 spiro atoms. The molecule has 2 aromatic carbocycles. The molecular formula is C20H21ClN4O3S3. The number of carbonyl (C=O) groups excluding carboxylic acids is 1. The molecule has 0 fully saturated rings. The smallest absolute Gasteiger partial charge is 0.246 e. The summed E-state index contributed by atoms with van der Waals surface area (Å²) in [6, 6.07) is 13.2. The van der Waals surface area contributed by atoms with Gasteiger partial charge in [0, 0.05) is 15.6 Å². The number of amides is 1. The minimum atomic E-state index is -3.94. The molecule has 0 bridgehead atoms. The molecule has 1 amide bonds. The van der Waals surface area contributed by atoms with Crippen LogP contribution >= 0.6 is 35.1 Å². The molecule has 3 rings (SSSR count). The zero-order chi connectivity index (χ0) is 22.6.